The summed E-state index contributed by atoms with van der Waals surface area (Å²) < 4.78 is 71.6. The average molecular weight is 747 g/mol. The molecule has 6 nitrogen and oxygen atoms in total. The summed E-state index contributed by atoms with van der Waals surface area (Å²) in [7, 11) is -9.18. The minimum Gasteiger partial charge on any atom is -0.379 e. The Kier molecular flexibility index (Phi) is 8.34. The molecule has 1 aliphatic rings. The lowest BCUT2D eigenvalue weighted by Crippen LogP contribution is -2.17. The summed E-state index contributed by atoms with van der Waals surface area (Å²) in [6.45, 7) is 0. The highest BCUT2D eigenvalue weighted by Crippen LogP contribution is 2.46. The van der Waals surface area contributed by atoms with E-state index in [4.69, 9.17) is 4.18 Å². The van der Waals surface area contributed by atoms with Gasteiger partial charge in [0, 0.05) is 16.7 Å². The lowest BCUT2D eigenvalue weighted by atomic mass is 9.88. The van der Waals surface area contributed by atoms with Crippen molar-refractivity contribution in [3.05, 3.63) is 163 Å². The Balaban J connectivity index is 1.39. The van der Waals surface area contributed by atoms with Crippen molar-refractivity contribution in [3.8, 4) is 39.1 Å². The monoisotopic (exact) mass is 746 g/mol. The highest BCUT2D eigenvalue weighted by Gasteiger charge is 2.32. The van der Waals surface area contributed by atoms with E-state index in [0.29, 0.717) is 41.5 Å². The Labute approximate surface area is 314 Å². The molecular weight excluding hydrogens is 713 g/mol. The summed E-state index contributed by atoms with van der Waals surface area (Å²) in [6, 6.07) is 48.4. The van der Waals surface area contributed by atoms with Gasteiger partial charge in [0.2, 0.25) is 0 Å². The van der Waals surface area contributed by atoms with Crippen molar-refractivity contribution < 1.29 is 25.6 Å². The van der Waals surface area contributed by atoms with Crippen molar-refractivity contribution in [1.29, 1.82) is 0 Å². The first kappa shape index (κ1) is 34.0. The third-order valence-electron chi connectivity index (χ3n) is 10.5. The summed E-state index contributed by atoms with van der Waals surface area (Å²) in [5, 5.41) is 5.76. The first-order valence-electron chi connectivity index (χ1n) is 17.9. The Hall–Kier alpha value is -5.80. The van der Waals surface area contributed by atoms with E-state index in [1.165, 1.54) is 12.1 Å². The third-order valence-corrected chi connectivity index (χ3v) is 12.8. The van der Waals surface area contributed by atoms with E-state index < -0.39 is 20.2 Å². The maximum atomic E-state index is 15.3. The fraction of sp³-hybridized carbons (Fsp3) is 0.0870. The van der Waals surface area contributed by atoms with Gasteiger partial charge in [-0.15, -0.1) is 0 Å². The van der Waals surface area contributed by atoms with E-state index in [9.17, 15) is 13.0 Å². The highest BCUT2D eigenvalue weighted by molar-refractivity contribution is 7.87. The van der Waals surface area contributed by atoms with Crippen LogP contribution in [0.2, 0.25) is 0 Å². The van der Waals surface area contributed by atoms with Crippen molar-refractivity contribution >= 4 is 52.6 Å². The number of benzene rings is 8. The predicted octanol–water partition coefficient (Wildman–Crippen LogP) is 11.0. The minimum atomic E-state index is -4.64. The lowest BCUT2D eigenvalue weighted by Gasteiger charge is -2.23. The summed E-state index contributed by atoms with van der Waals surface area (Å²) in [5.74, 6) is 0.0583. The highest BCUT2D eigenvalue weighted by atomic mass is 32.2. The van der Waals surface area contributed by atoms with Crippen LogP contribution in [-0.4, -0.2) is 21.4 Å². The van der Waals surface area contributed by atoms with E-state index in [2.05, 4.69) is 24.3 Å². The minimum absolute atomic E-state index is 0.00242. The van der Waals surface area contributed by atoms with Crippen LogP contribution in [0.5, 0.6) is 5.75 Å². The van der Waals surface area contributed by atoms with Crippen LogP contribution in [-0.2, 0) is 33.1 Å². The number of fused-ring (bicyclic) bond motifs is 4. The van der Waals surface area contributed by atoms with Crippen molar-refractivity contribution in [1.82, 2.24) is 0 Å². The summed E-state index contributed by atoms with van der Waals surface area (Å²) >= 11 is 0. The van der Waals surface area contributed by atoms with E-state index in [-0.39, 0.29) is 15.5 Å². The molecule has 0 atom stereocenters. The zero-order valence-electron chi connectivity index (χ0n) is 29.1. The van der Waals surface area contributed by atoms with Gasteiger partial charge in [0.1, 0.15) is 10.6 Å². The molecule has 1 aliphatic carbocycles. The molecule has 0 amide bonds. The number of rotatable bonds is 7. The molecule has 0 unspecified atom stereocenters. The van der Waals surface area contributed by atoms with E-state index >= 15 is 8.42 Å². The predicted molar refractivity (Wildman–Crippen MR) is 216 cm³/mol. The van der Waals surface area contributed by atoms with Crippen LogP contribution in [0.4, 0.5) is 0 Å². The summed E-state index contributed by atoms with van der Waals surface area (Å²) in [5.41, 5.74) is 5.07. The molecule has 0 saturated heterocycles. The largest absolute Gasteiger partial charge is 0.379 e. The number of hydrogen-bond donors (Lipinski definition) is 1. The first-order valence-corrected chi connectivity index (χ1v) is 20.7. The van der Waals surface area contributed by atoms with Crippen molar-refractivity contribution in [2.24, 2.45) is 0 Å². The van der Waals surface area contributed by atoms with Crippen LogP contribution >= 0.6 is 0 Å². The van der Waals surface area contributed by atoms with Gasteiger partial charge in [0.15, 0.2) is 0 Å². The Bertz CT molecular complexity index is 2910. The topological polar surface area (TPSA) is 97.7 Å². The Morgan fingerprint density at radius 3 is 1.43 bits per heavy atom. The van der Waals surface area contributed by atoms with Gasteiger partial charge in [-0.2, -0.15) is 16.8 Å². The molecule has 8 aromatic rings. The van der Waals surface area contributed by atoms with Gasteiger partial charge in [0.05, 0.1) is 4.90 Å². The average Bonchev–Trinajstić information content (AvgIpc) is 3.19. The van der Waals surface area contributed by atoms with Crippen molar-refractivity contribution in [2.45, 2.75) is 35.5 Å². The Morgan fingerprint density at radius 2 is 0.907 bits per heavy atom. The quantitative estimate of drug-likeness (QED) is 0.129. The van der Waals surface area contributed by atoms with E-state index in [1.54, 1.807) is 0 Å². The molecule has 0 radical (unpaired) electrons. The molecule has 0 aliphatic heterocycles. The second-order valence-electron chi connectivity index (χ2n) is 13.7. The second kappa shape index (κ2) is 13.2. The standard InChI is InChI=1S/C46H34O6S2/c47-53(48,49)45-27-26-44(40-21-7-8-22-41(40)45)52-54(50,51)46-42(38-24-10-16-31-13-2-5-19-35(31)38)28-33(37-23-9-15-30-12-1-4-18-34(30)37)29-43(46)39-25-11-17-32-14-3-6-20-36(32)39/h1-6,9-20,23-29H,7-8,21-22H2,(H,47,48,49). The lowest BCUT2D eigenvalue weighted by molar-refractivity contribution is 0.475. The second-order valence-corrected chi connectivity index (χ2v) is 16.6. The molecule has 9 rings (SSSR count). The molecule has 0 heterocycles. The molecule has 1 N–H and O–H groups in total. The fourth-order valence-electron chi connectivity index (χ4n) is 8.13. The smallest absolute Gasteiger partial charge is 0.340 e. The van der Waals surface area contributed by atoms with Gasteiger partial charge in [-0.3, -0.25) is 4.55 Å². The molecule has 0 spiro atoms. The van der Waals surface area contributed by atoms with Crippen LogP contribution in [0.3, 0.4) is 0 Å². The molecule has 8 heteroatoms. The van der Waals surface area contributed by atoms with Gasteiger partial charge >= 0.3 is 10.1 Å². The molecule has 8 aromatic carbocycles. The van der Waals surface area contributed by atoms with Crippen LogP contribution in [0, 0.1) is 0 Å². The van der Waals surface area contributed by atoms with Crippen LogP contribution in [0.25, 0.3) is 65.7 Å². The van der Waals surface area contributed by atoms with E-state index in [1.807, 2.05) is 115 Å². The third kappa shape index (κ3) is 5.93. The SMILES string of the molecule is O=S(=O)(O)c1ccc(OS(=O)(=O)c2c(-c3cccc4ccccc34)cc(-c3cccc4ccccc34)cc2-c2cccc3ccccc23)c2c1CCCC2. The maximum absolute atomic E-state index is 15.3. The normalized spacial score (nSPS) is 13.3. The van der Waals surface area contributed by atoms with Gasteiger partial charge < -0.3 is 4.18 Å². The van der Waals surface area contributed by atoms with E-state index in [0.717, 1.165) is 61.0 Å². The van der Waals surface area contributed by atoms with Crippen molar-refractivity contribution in [2.75, 3.05) is 0 Å². The molecule has 0 saturated carbocycles. The number of hydrogen-bond acceptors (Lipinski definition) is 5. The molecule has 0 bridgehead atoms. The fourth-order valence-corrected chi connectivity index (χ4v) is 10.3. The van der Waals surface area contributed by atoms with Gasteiger partial charge in [0.25, 0.3) is 10.1 Å². The summed E-state index contributed by atoms with van der Waals surface area (Å²) in [4.78, 5) is -0.211. The van der Waals surface area contributed by atoms with Gasteiger partial charge in [-0.05, 0) is 110 Å². The zero-order chi connectivity index (χ0) is 37.0. The van der Waals surface area contributed by atoms with Gasteiger partial charge in [-0.25, -0.2) is 0 Å². The maximum Gasteiger partial charge on any atom is 0.340 e. The molecule has 0 fully saturated rings. The van der Waals surface area contributed by atoms with Crippen LogP contribution in [0.1, 0.15) is 24.0 Å². The van der Waals surface area contributed by atoms with Crippen molar-refractivity contribution in [3.63, 3.8) is 0 Å². The van der Waals surface area contributed by atoms with Crippen LogP contribution in [0.15, 0.2) is 161 Å². The summed E-state index contributed by atoms with van der Waals surface area (Å²) in [6.07, 6.45) is 2.22. The Morgan fingerprint density at radius 1 is 0.463 bits per heavy atom. The molecule has 266 valence electrons. The van der Waals surface area contributed by atoms with Gasteiger partial charge in [-0.1, -0.05) is 127 Å². The molecule has 54 heavy (non-hydrogen) atoms. The zero-order valence-corrected chi connectivity index (χ0v) is 30.7. The van der Waals surface area contributed by atoms with Crippen LogP contribution < -0.4 is 4.18 Å². The molecule has 0 aromatic heterocycles. The molecular formula is C46H34O6S2. The first-order chi connectivity index (χ1) is 26.2.